The van der Waals surface area contributed by atoms with Gasteiger partial charge in [0.1, 0.15) is 11.4 Å². The number of H-pyrrole nitrogens is 1. The van der Waals surface area contributed by atoms with Crippen LogP contribution in [0.3, 0.4) is 0 Å². The summed E-state index contributed by atoms with van der Waals surface area (Å²) < 4.78 is 5.61. The number of aromatic amines is 1. The van der Waals surface area contributed by atoms with Gasteiger partial charge in [-0.1, -0.05) is 24.6 Å². The number of aryl methyl sites for hydroxylation is 1. The van der Waals surface area contributed by atoms with Crippen molar-refractivity contribution in [3.63, 3.8) is 0 Å². The highest BCUT2D eigenvalue weighted by molar-refractivity contribution is 6.04. The molecule has 0 bridgehead atoms. The van der Waals surface area contributed by atoms with Crippen LogP contribution in [0.1, 0.15) is 75.8 Å². The van der Waals surface area contributed by atoms with Crippen molar-refractivity contribution in [2.75, 3.05) is 26.7 Å². The van der Waals surface area contributed by atoms with Crippen molar-refractivity contribution in [2.24, 2.45) is 0 Å². The molecule has 160 valence electrons. The van der Waals surface area contributed by atoms with Crippen molar-refractivity contribution in [2.45, 2.75) is 51.5 Å². The van der Waals surface area contributed by atoms with Gasteiger partial charge in [0, 0.05) is 29.8 Å². The van der Waals surface area contributed by atoms with Crippen LogP contribution in [0.4, 0.5) is 0 Å². The normalized spacial score (nSPS) is 18.0. The second-order valence-electron chi connectivity index (χ2n) is 8.32. The van der Waals surface area contributed by atoms with Crippen molar-refractivity contribution in [1.82, 2.24) is 15.2 Å². The lowest BCUT2D eigenvalue weighted by Gasteiger charge is -2.35. The number of piperidine rings is 1. The average Bonchev–Trinajstić information content (AvgIpc) is 3.12. The van der Waals surface area contributed by atoms with Gasteiger partial charge in [0.05, 0.1) is 13.2 Å². The summed E-state index contributed by atoms with van der Waals surface area (Å²) in [5, 5.41) is 3.13. The number of para-hydroxylation sites is 1. The number of ketones is 1. The largest absolute Gasteiger partial charge is 0.496 e. The van der Waals surface area contributed by atoms with Crippen LogP contribution in [-0.2, 0) is 6.42 Å². The SMILES string of the molecule is COc1ccccc1C(CNC(=O)c1[nH]c2c(c1C)C(=O)CCC2)N1CCCCC1. The minimum absolute atomic E-state index is 0.0527. The molecule has 2 heterocycles. The number of methoxy groups -OCH3 is 1. The summed E-state index contributed by atoms with van der Waals surface area (Å²) in [5.74, 6) is 0.843. The number of carbonyl (C=O) groups is 2. The van der Waals surface area contributed by atoms with Gasteiger partial charge in [0.25, 0.3) is 5.91 Å². The summed E-state index contributed by atoms with van der Waals surface area (Å²) in [6, 6.07) is 8.10. The van der Waals surface area contributed by atoms with E-state index in [0.717, 1.165) is 54.1 Å². The molecule has 1 aliphatic carbocycles. The van der Waals surface area contributed by atoms with Gasteiger partial charge in [0.15, 0.2) is 5.78 Å². The number of benzene rings is 1. The van der Waals surface area contributed by atoms with Crippen LogP contribution in [-0.4, -0.2) is 48.3 Å². The Kier molecular flexibility index (Phi) is 6.23. The minimum Gasteiger partial charge on any atom is -0.496 e. The first-order valence-corrected chi connectivity index (χ1v) is 11.0. The van der Waals surface area contributed by atoms with Crippen LogP contribution in [0, 0.1) is 6.92 Å². The van der Waals surface area contributed by atoms with E-state index in [1.165, 1.54) is 19.3 Å². The van der Waals surface area contributed by atoms with Crippen LogP contribution in [0.25, 0.3) is 0 Å². The van der Waals surface area contributed by atoms with E-state index in [4.69, 9.17) is 4.74 Å². The van der Waals surface area contributed by atoms with Gasteiger partial charge in [-0.05, 0) is 57.3 Å². The first-order chi connectivity index (χ1) is 14.6. The molecule has 1 aliphatic heterocycles. The van der Waals surface area contributed by atoms with E-state index in [9.17, 15) is 9.59 Å². The summed E-state index contributed by atoms with van der Waals surface area (Å²) in [4.78, 5) is 31.0. The number of ether oxygens (including phenoxy) is 1. The molecule has 1 aromatic carbocycles. The predicted molar refractivity (Wildman–Crippen MR) is 116 cm³/mol. The zero-order valence-electron chi connectivity index (χ0n) is 17.9. The molecule has 1 unspecified atom stereocenters. The highest BCUT2D eigenvalue weighted by Crippen LogP contribution is 2.31. The second-order valence-corrected chi connectivity index (χ2v) is 8.32. The summed E-state index contributed by atoms with van der Waals surface area (Å²) in [7, 11) is 1.69. The number of aromatic nitrogens is 1. The lowest BCUT2D eigenvalue weighted by molar-refractivity contribution is 0.0917. The fourth-order valence-electron chi connectivity index (χ4n) is 4.89. The lowest BCUT2D eigenvalue weighted by Crippen LogP contribution is -2.41. The Labute approximate surface area is 178 Å². The van der Waals surface area contributed by atoms with Gasteiger partial charge in [-0.15, -0.1) is 0 Å². The molecule has 1 fully saturated rings. The number of carbonyl (C=O) groups excluding carboxylic acids is 2. The number of nitrogens with zero attached hydrogens (tertiary/aromatic N) is 1. The van der Waals surface area contributed by atoms with Crippen molar-refractivity contribution in [3.05, 3.63) is 52.3 Å². The first kappa shape index (κ1) is 20.7. The third-order valence-electron chi connectivity index (χ3n) is 6.45. The third-order valence-corrected chi connectivity index (χ3v) is 6.45. The highest BCUT2D eigenvalue weighted by atomic mass is 16.5. The zero-order chi connectivity index (χ0) is 21.1. The number of fused-ring (bicyclic) bond motifs is 1. The fourth-order valence-corrected chi connectivity index (χ4v) is 4.89. The summed E-state index contributed by atoms with van der Waals surface area (Å²) in [6.45, 7) is 4.40. The molecule has 1 atom stereocenters. The monoisotopic (exact) mass is 409 g/mol. The maximum Gasteiger partial charge on any atom is 0.268 e. The number of rotatable bonds is 6. The number of hydrogen-bond donors (Lipinski definition) is 2. The molecule has 6 heteroatoms. The average molecular weight is 410 g/mol. The van der Waals surface area contributed by atoms with Gasteiger partial charge >= 0.3 is 0 Å². The van der Waals surface area contributed by atoms with E-state index in [0.29, 0.717) is 18.7 Å². The molecule has 0 spiro atoms. The van der Waals surface area contributed by atoms with Gasteiger partial charge < -0.3 is 15.0 Å². The van der Waals surface area contributed by atoms with Crippen molar-refractivity contribution in [1.29, 1.82) is 0 Å². The molecule has 4 rings (SSSR count). The molecular weight excluding hydrogens is 378 g/mol. The Morgan fingerprint density at radius 2 is 1.93 bits per heavy atom. The topological polar surface area (TPSA) is 74.4 Å². The molecule has 1 saturated heterocycles. The van der Waals surface area contributed by atoms with E-state index >= 15 is 0 Å². The number of Topliss-reactive ketones (excluding diaryl/α,β-unsaturated/α-hetero) is 1. The predicted octanol–water partition coefficient (Wildman–Crippen LogP) is 3.81. The minimum atomic E-state index is -0.147. The van der Waals surface area contributed by atoms with Crippen molar-refractivity contribution >= 4 is 11.7 Å². The third kappa shape index (κ3) is 4.01. The highest BCUT2D eigenvalue weighted by Gasteiger charge is 2.28. The van der Waals surface area contributed by atoms with Crippen LogP contribution in [0.2, 0.25) is 0 Å². The van der Waals surface area contributed by atoms with Crippen molar-refractivity contribution in [3.8, 4) is 5.75 Å². The van der Waals surface area contributed by atoms with Gasteiger partial charge in [-0.2, -0.15) is 0 Å². The molecule has 0 radical (unpaired) electrons. The number of hydrogen-bond acceptors (Lipinski definition) is 4. The molecule has 2 N–H and O–H groups in total. The second kappa shape index (κ2) is 9.04. The maximum atomic E-state index is 13.1. The van der Waals surface area contributed by atoms with E-state index in [-0.39, 0.29) is 17.7 Å². The van der Waals surface area contributed by atoms with E-state index < -0.39 is 0 Å². The summed E-state index contributed by atoms with van der Waals surface area (Å²) in [5.41, 5.74) is 4.03. The molecule has 1 amide bonds. The molecule has 6 nitrogen and oxygen atoms in total. The van der Waals surface area contributed by atoms with Gasteiger partial charge in [0.2, 0.25) is 0 Å². The smallest absolute Gasteiger partial charge is 0.268 e. The van der Waals surface area contributed by atoms with E-state index in [1.54, 1.807) is 7.11 Å². The maximum absolute atomic E-state index is 13.1. The van der Waals surface area contributed by atoms with Crippen LogP contribution >= 0.6 is 0 Å². The van der Waals surface area contributed by atoms with Crippen molar-refractivity contribution < 1.29 is 14.3 Å². The standard InChI is InChI=1S/C24H31N3O3/c1-16-22-18(10-8-11-20(22)28)26-23(16)24(29)25-15-19(27-13-6-3-7-14-27)17-9-4-5-12-21(17)30-2/h4-5,9,12,19,26H,3,6-8,10-11,13-15H2,1-2H3,(H,25,29). The Balaban J connectivity index is 1.55. The number of nitrogens with one attached hydrogen (secondary N) is 2. The lowest BCUT2D eigenvalue weighted by atomic mass is 9.94. The fraction of sp³-hybridized carbons (Fsp3) is 0.500. The molecule has 2 aliphatic rings. The van der Waals surface area contributed by atoms with E-state index in [1.807, 2.05) is 25.1 Å². The molecular formula is C24H31N3O3. The Bertz CT molecular complexity index is 928. The van der Waals surface area contributed by atoms with Crippen LogP contribution < -0.4 is 10.1 Å². The zero-order valence-corrected chi connectivity index (χ0v) is 17.9. The Morgan fingerprint density at radius 3 is 2.67 bits per heavy atom. The quantitative estimate of drug-likeness (QED) is 0.761. The number of amides is 1. The summed E-state index contributed by atoms with van der Waals surface area (Å²) >= 11 is 0. The first-order valence-electron chi connectivity index (χ1n) is 11.0. The molecule has 0 saturated carbocycles. The molecule has 2 aromatic rings. The van der Waals surface area contributed by atoms with Gasteiger partial charge in [-0.25, -0.2) is 0 Å². The Hall–Kier alpha value is -2.60. The Morgan fingerprint density at radius 1 is 1.17 bits per heavy atom. The summed E-state index contributed by atoms with van der Waals surface area (Å²) in [6.07, 6.45) is 5.83. The van der Waals surface area contributed by atoms with E-state index in [2.05, 4.69) is 21.3 Å². The van der Waals surface area contributed by atoms with Crippen LogP contribution in [0.15, 0.2) is 24.3 Å². The number of likely N-dealkylation sites (tertiary alicyclic amines) is 1. The van der Waals surface area contributed by atoms with Gasteiger partial charge in [-0.3, -0.25) is 14.5 Å². The van der Waals surface area contributed by atoms with Crippen LogP contribution in [0.5, 0.6) is 5.75 Å². The molecule has 1 aromatic heterocycles. The molecule has 30 heavy (non-hydrogen) atoms.